The second-order valence-electron chi connectivity index (χ2n) is 16.5. The molecule has 12 rings (SSSR count). The number of nitrogens with zero attached hydrogens (tertiary/aromatic N) is 5. The first-order valence-electron chi connectivity index (χ1n) is 20.7. The molecule has 4 bridgehead atoms. The third kappa shape index (κ3) is 8.17. The van der Waals surface area contributed by atoms with E-state index in [1.165, 1.54) is 19.8 Å². The number of rotatable bonds is 8. The molecule has 2 unspecified atom stereocenters. The van der Waals surface area contributed by atoms with Crippen LogP contribution in [0.15, 0.2) is 93.8 Å². The Bertz CT molecular complexity index is 2480. The fourth-order valence-electron chi connectivity index (χ4n) is 9.06. The Morgan fingerprint density at radius 3 is 1.46 bits per heavy atom. The number of nitrogens with one attached hydrogen (secondary N) is 3. The standard InChI is InChI=1S/C23H24N4O3.C23H26N4O2/c1-14(28)24-17-7-5-16(6-8-17)23-26-21-18(3-2-4-20(21)30-23)22(29)25-19-13-27-11-9-15(19)10-12-27;1-26(2)17-8-6-16(7-9-17)23-25-21-18(4-3-5-20(21)29-23)22(28)24-19-14-27-12-10-15(19)11-13-27/h2-8,15,19H,9-13H2,1H3,(H,24,28)(H,25,29);3-9,15,19H,10-14H2,1-2H3,(H,24,28). The number of amides is 3. The van der Waals surface area contributed by atoms with E-state index >= 15 is 0 Å². The number of benzene rings is 4. The first kappa shape index (κ1) is 38.5. The summed E-state index contributed by atoms with van der Waals surface area (Å²) in [6, 6.07) is 26.7. The lowest BCUT2D eigenvalue weighted by Crippen LogP contribution is -2.57. The summed E-state index contributed by atoms with van der Waals surface area (Å²) in [6.07, 6.45) is 4.65. The minimum atomic E-state index is -0.122. The molecule has 0 saturated carbocycles. The Balaban J connectivity index is 0.000000152. The van der Waals surface area contributed by atoms with Crippen LogP contribution in [0.3, 0.4) is 0 Å². The van der Waals surface area contributed by atoms with E-state index in [0.717, 1.165) is 68.9 Å². The van der Waals surface area contributed by atoms with E-state index in [-0.39, 0.29) is 29.8 Å². The largest absolute Gasteiger partial charge is 0.436 e. The van der Waals surface area contributed by atoms with E-state index in [1.807, 2.05) is 85.7 Å². The maximum atomic E-state index is 13.1. The highest BCUT2D eigenvalue weighted by Crippen LogP contribution is 2.32. The van der Waals surface area contributed by atoms with Crippen LogP contribution in [0.4, 0.5) is 11.4 Å². The van der Waals surface area contributed by atoms with E-state index in [4.69, 9.17) is 8.83 Å². The van der Waals surface area contributed by atoms with Crippen molar-refractivity contribution in [2.45, 2.75) is 44.7 Å². The molecule has 4 aromatic carbocycles. The molecular formula is C46H50N8O5. The van der Waals surface area contributed by atoms with Gasteiger partial charge in [0.1, 0.15) is 11.0 Å². The highest BCUT2D eigenvalue weighted by molar-refractivity contribution is 6.06. The molecule has 2 atom stereocenters. The van der Waals surface area contributed by atoms with Crippen molar-refractivity contribution in [3.8, 4) is 22.9 Å². The summed E-state index contributed by atoms with van der Waals surface area (Å²) >= 11 is 0. The molecule has 0 radical (unpaired) electrons. The van der Waals surface area contributed by atoms with Gasteiger partial charge in [-0.1, -0.05) is 12.1 Å². The molecule has 0 spiro atoms. The van der Waals surface area contributed by atoms with Crippen molar-refractivity contribution in [2.75, 3.05) is 63.6 Å². The fraction of sp³-hybridized carbons (Fsp3) is 0.370. The third-order valence-electron chi connectivity index (χ3n) is 12.4. The minimum absolute atomic E-state index is 0.0582. The first-order valence-corrected chi connectivity index (χ1v) is 20.7. The van der Waals surface area contributed by atoms with Crippen molar-refractivity contribution in [1.29, 1.82) is 0 Å². The lowest BCUT2D eigenvalue weighted by atomic mass is 9.84. The molecule has 2 aromatic heterocycles. The molecule has 3 amide bonds. The summed E-state index contributed by atoms with van der Waals surface area (Å²) in [7, 11) is 4.02. The SMILES string of the molecule is CC(=O)Nc1ccc(-c2nc3c(C(=O)NC4CN5CCC4CC5)cccc3o2)cc1.CN(C)c1ccc(-c2nc3c(C(=O)NC4CN5CCC4CC5)cccc3o2)cc1. The van der Waals surface area contributed by atoms with Gasteiger partial charge < -0.3 is 39.5 Å². The summed E-state index contributed by atoms with van der Waals surface area (Å²) in [5.74, 6) is 1.86. The quantitative estimate of drug-likeness (QED) is 0.153. The van der Waals surface area contributed by atoms with Gasteiger partial charge in [0.25, 0.3) is 11.8 Å². The van der Waals surface area contributed by atoms with Crippen molar-refractivity contribution in [2.24, 2.45) is 11.8 Å². The lowest BCUT2D eigenvalue weighted by Gasteiger charge is -2.44. The van der Waals surface area contributed by atoms with Gasteiger partial charge >= 0.3 is 0 Å². The molecule has 0 aliphatic carbocycles. The molecular weight excluding hydrogens is 745 g/mol. The Kier molecular flexibility index (Phi) is 10.6. The van der Waals surface area contributed by atoms with Crippen LogP contribution in [0.2, 0.25) is 0 Å². The smallest absolute Gasteiger partial charge is 0.253 e. The van der Waals surface area contributed by atoms with Gasteiger partial charge in [-0.15, -0.1) is 0 Å². The van der Waals surface area contributed by atoms with E-state index in [1.54, 1.807) is 18.2 Å². The zero-order valence-electron chi connectivity index (χ0n) is 33.7. The topological polar surface area (TPSA) is 149 Å². The molecule has 13 nitrogen and oxygen atoms in total. The van der Waals surface area contributed by atoms with Crippen LogP contribution < -0.4 is 20.9 Å². The van der Waals surface area contributed by atoms with Crippen molar-refractivity contribution < 1.29 is 23.2 Å². The summed E-state index contributed by atoms with van der Waals surface area (Å²) in [5, 5.41) is 9.23. The van der Waals surface area contributed by atoms with E-state index in [2.05, 4.69) is 35.7 Å². The molecule has 6 aliphatic rings. The summed E-state index contributed by atoms with van der Waals surface area (Å²) in [6.45, 7) is 7.95. The Morgan fingerprint density at radius 1 is 0.627 bits per heavy atom. The molecule has 6 aliphatic heterocycles. The van der Waals surface area contributed by atoms with Crippen LogP contribution in [0.1, 0.15) is 53.3 Å². The number of hydrogen-bond acceptors (Lipinski definition) is 10. The van der Waals surface area contributed by atoms with Gasteiger partial charge in [0, 0.05) is 68.7 Å². The number of carbonyl (C=O) groups excluding carboxylic acids is 3. The van der Waals surface area contributed by atoms with Gasteiger partial charge in [0.05, 0.1) is 11.1 Å². The van der Waals surface area contributed by atoms with Crippen molar-refractivity contribution in [3.05, 3.63) is 96.1 Å². The van der Waals surface area contributed by atoms with Gasteiger partial charge in [0.2, 0.25) is 17.7 Å². The van der Waals surface area contributed by atoms with Crippen molar-refractivity contribution in [3.63, 3.8) is 0 Å². The van der Waals surface area contributed by atoms with Gasteiger partial charge in [-0.25, -0.2) is 9.97 Å². The number of oxazole rings is 2. The highest BCUT2D eigenvalue weighted by Gasteiger charge is 2.36. The average molecular weight is 795 g/mol. The number of fused-ring (bicyclic) bond motifs is 8. The molecule has 8 heterocycles. The molecule has 59 heavy (non-hydrogen) atoms. The van der Waals surface area contributed by atoms with Crippen LogP contribution in [0.25, 0.3) is 45.1 Å². The molecule has 304 valence electrons. The minimum Gasteiger partial charge on any atom is -0.436 e. The Labute approximate surface area is 343 Å². The number of para-hydroxylation sites is 2. The maximum absolute atomic E-state index is 13.1. The number of aromatic nitrogens is 2. The Morgan fingerprint density at radius 2 is 1.07 bits per heavy atom. The highest BCUT2D eigenvalue weighted by atomic mass is 16.4. The van der Waals surface area contributed by atoms with Gasteiger partial charge in [-0.3, -0.25) is 14.4 Å². The summed E-state index contributed by atoms with van der Waals surface area (Å²) in [4.78, 5) is 53.5. The molecule has 6 aromatic rings. The molecule has 6 saturated heterocycles. The molecule has 6 fully saturated rings. The molecule has 3 N–H and O–H groups in total. The number of carbonyl (C=O) groups is 3. The zero-order valence-corrected chi connectivity index (χ0v) is 33.7. The van der Waals surface area contributed by atoms with Gasteiger partial charge in [-0.05, 0) is 136 Å². The van der Waals surface area contributed by atoms with Crippen LogP contribution in [0.5, 0.6) is 0 Å². The number of hydrogen-bond donors (Lipinski definition) is 3. The monoisotopic (exact) mass is 794 g/mol. The fourth-order valence-corrected chi connectivity index (χ4v) is 9.06. The van der Waals surface area contributed by atoms with Crippen LogP contribution in [0, 0.1) is 11.8 Å². The van der Waals surface area contributed by atoms with E-state index in [9.17, 15) is 14.4 Å². The van der Waals surface area contributed by atoms with Crippen molar-refractivity contribution >= 4 is 51.3 Å². The average Bonchev–Trinajstić information content (AvgIpc) is 3.90. The second kappa shape index (κ2) is 16.3. The zero-order chi connectivity index (χ0) is 40.6. The van der Waals surface area contributed by atoms with Gasteiger partial charge in [-0.2, -0.15) is 0 Å². The normalized spacial score (nSPS) is 23.0. The third-order valence-corrected chi connectivity index (χ3v) is 12.4. The number of piperidine rings is 6. The summed E-state index contributed by atoms with van der Waals surface area (Å²) in [5.41, 5.74) is 7.03. The van der Waals surface area contributed by atoms with Crippen LogP contribution in [-0.4, -0.2) is 103 Å². The number of anilines is 2. The predicted molar refractivity (Wildman–Crippen MR) is 228 cm³/mol. The summed E-state index contributed by atoms with van der Waals surface area (Å²) < 4.78 is 11.9. The predicted octanol–water partition coefficient (Wildman–Crippen LogP) is 6.66. The van der Waals surface area contributed by atoms with Crippen molar-refractivity contribution in [1.82, 2.24) is 30.4 Å². The van der Waals surface area contributed by atoms with Crippen LogP contribution >= 0.6 is 0 Å². The lowest BCUT2D eigenvalue weighted by molar-refractivity contribution is -0.114. The van der Waals surface area contributed by atoms with Crippen LogP contribution in [-0.2, 0) is 4.79 Å². The first-order chi connectivity index (χ1) is 28.6. The maximum Gasteiger partial charge on any atom is 0.253 e. The van der Waals surface area contributed by atoms with Gasteiger partial charge in [0.15, 0.2) is 11.2 Å². The Hall–Kier alpha value is -6.05. The van der Waals surface area contributed by atoms with E-state index in [0.29, 0.717) is 62.6 Å². The molecule has 13 heteroatoms. The van der Waals surface area contributed by atoms with E-state index < -0.39 is 0 Å². The second-order valence-corrected chi connectivity index (χ2v) is 16.5.